The highest BCUT2D eigenvalue weighted by Gasteiger charge is 2.24. The van der Waals surface area contributed by atoms with E-state index in [1.54, 1.807) is 6.20 Å². The van der Waals surface area contributed by atoms with Crippen molar-refractivity contribution in [2.75, 3.05) is 18.1 Å². The molecule has 0 spiro atoms. The van der Waals surface area contributed by atoms with Crippen molar-refractivity contribution in [1.82, 2.24) is 4.98 Å². The summed E-state index contributed by atoms with van der Waals surface area (Å²) in [4.78, 5) is 4.02. The van der Waals surface area contributed by atoms with E-state index in [4.69, 9.17) is 10.5 Å². The number of aromatic nitrogens is 1. The second-order valence-corrected chi connectivity index (χ2v) is 3.17. The molecule has 0 saturated heterocycles. The zero-order valence-electron chi connectivity index (χ0n) is 7.58. The molecule has 0 radical (unpaired) electrons. The van der Waals surface area contributed by atoms with E-state index in [1.165, 1.54) is 0 Å². The quantitative estimate of drug-likeness (QED) is 0.733. The van der Waals surface area contributed by atoms with E-state index in [-0.39, 0.29) is 0 Å². The average molecular weight is 179 g/mol. The molecule has 2 rings (SSSR count). The predicted octanol–water partition coefficient (Wildman–Crippen LogP) is 1.25. The number of nitrogen functional groups attached to an aromatic ring is 1. The lowest BCUT2D eigenvalue weighted by atomic mass is 10.4. The van der Waals surface area contributed by atoms with E-state index in [0.29, 0.717) is 17.7 Å². The molecule has 3 N–H and O–H groups in total. The van der Waals surface area contributed by atoms with Crippen molar-refractivity contribution in [2.45, 2.75) is 18.9 Å². The van der Waals surface area contributed by atoms with Crippen molar-refractivity contribution in [3.8, 4) is 5.75 Å². The highest BCUT2D eigenvalue weighted by Crippen LogP contribution is 2.30. The van der Waals surface area contributed by atoms with E-state index in [1.807, 2.05) is 13.1 Å². The summed E-state index contributed by atoms with van der Waals surface area (Å²) in [6, 6.07) is 1.88. The van der Waals surface area contributed by atoms with Crippen molar-refractivity contribution < 1.29 is 4.74 Å². The molecule has 1 aromatic heterocycles. The molecule has 0 aromatic carbocycles. The van der Waals surface area contributed by atoms with E-state index in [0.717, 1.165) is 18.5 Å². The first-order chi connectivity index (χ1) is 6.29. The first kappa shape index (κ1) is 8.16. The van der Waals surface area contributed by atoms with Crippen LogP contribution in [-0.2, 0) is 0 Å². The van der Waals surface area contributed by atoms with Gasteiger partial charge in [0.1, 0.15) is 0 Å². The summed E-state index contributed by atoms with van der Waals surface area (Å²) in [6.07, 6.45) is 4.30. The van der Waals surface area contributed by atoms with Crippen LogP contribution in [0.1, 0.15) is 12.8 Å². The highest BCUT2D eigenvalue weighted by molar-refractivity contribution is 5.55. The molecule has 0 atom stereocenters. The third-order valence-corrected chi connectivity index (χ3v) is 1.99. The number of hydrogen-bond acceptors (Lipinski definition) is 4. The maximum atomic E-state index is 5.66. The zero-order chi connectivity index (χ0) is 9.26. The van der Waals surface area contributed by atoms with Crippen LogP contribution in [-0.4, -0.2) is 18.1 Å². The Bertz CT molecular complexity index is 310. The van der Waals surface area contributed by atoms with Crippen LogP contribution in [0.5, 0.6) is 5.75 Å². The van der Waals surface area contributed by atoms with Gasteiger partial charge in [-0.1, -0.05) is 0 Å². The molecule has 1 aliphatic carbocycles. The Kier molecular flexibility index (Phi) is 1.96. The van der Waals surface area contributed by atoms with Gasteiger partial charge in [-0.2, -0.15) is 0 Å². The van der Waals surface area contributed by atoms with Crippen molar-refractivity contribution in [2.24, 2.45) is 0 Å². The van der Waals surface area contributed by atoms with Gasteiger partial charge in [-0.3, -0.25) is 0 Å². The summed E-state index contributed by atoms with van der Waals surface area (Å²) in [6.45, 7) is 0. The highest BCUT2D eigenvalue weighted by atomic mass is 16.5. The minimum Gasteiger partial charge on any atom is -0.486 e. The monoisotopic (exact) mass is 179 g/mol. The summed E-state index contributed by atoms with van der Waals surface area (Å²) >= 11 is 0. The Morgan fingerprint density at radius 2 is 2.38 bits per heavy atom. The lowest BCUT2D eigenvalue weighted by Gasteiger charge is -2.08. The molecule has 4 nitrogen and oxygen atoms in total. The molecule has 70 valence electrons. The number of anilines is 2. The average Bonchev–Trinajstić information content (AvgIpc) is 2.93. The third kappa shape index (κ3) is 1.83. The van der Waals surface area contributed by atoms with Crippen LogP contribution in [0.25, 0.3) is 0 Å². The largest absolute Gasteiger partial charge is 0.486 e. The Balaban J connectivity index is 2.19. The number of ether oxygens (including phenoxy) is 1. The van der Waals surface area contributed by atoms with Gasteiger partial charge in [0.15, 0.2) is 11.6 Å². The van der Waals surface area contributed by atoms with Gasteiger partial charge in [-0.25, -0.2) is 4.98 Å². The summed E-state index contributed by atoms with van der Waals surface area (Å²) in [5, 5.41) is 2.99. The van der Waals surface area contributed by atoms with Gasteiger partial charge < -0.3 is 15.8 Å². The molecule has 0 aliphatic heterocycles. The molecule has 1 aromatic rings. The summed E-state index contributed by atoms with van der Waals surface area (Å²) in [5.41, 5.74) is 6.58. The fourth-order valence-corrected chi connectivity index (χ4v) is 1.05. The topological polar surface area (TPSA) is 60.2 Å². The zero-order valence-corrected chi connectivity index (χ0v) is 7.58. The van der Waals surface area contributed by atoms with E-state index < -0.39 is 0 Å². The van der Waals surface area contributed by atoms with Crippen LogP contribution in [0.4, 0.5) is 11.5 Å². The lowest BCUT2D eigenvalue weighted by Crippen LogP contribution is -2.02. The molecule has 1 fully saturated rings. The number of nitrogens with one attached hydrogen (secondary N) is 1. The molecule has 1 heterocycles. The maximum absolute atomic E-state index is 5.66. The maximum Gasteiger partial charge on any atom is 0.166 e. The molecular weight excluding hydrogens is 166 g/mol. The Hall–Kier alpha value is -1.45. The number of hydrogen-bond donors (Lipinski definition) is 2. The van der Waals surface area contributed by atoms with Crippen molar-refractivity contribution in [3.63, 3.8) is 0 Å². The molecule has 0 amide bonds. The fourth-order valence-electron chi connectivity index (χ4n) is 1.05. The van der Waals surface area contributed by atoms with E-state index in [9.17, 15) is 0 Å². The third-order valence-electron chi connectivity index (χ3n) is 1.99. The minimum absolute atomic E-state index is 0.358. The van der Waals surface area contributed by atoms with Gasteiger partial charge in [0.25, 0.3) is 0 Å². The van der Waals surface area contributed by atoms with Crippen molar-refractivity contribution in [1.29, 1.82) is 0 Å². The van der Waals surface area contributed by atoms with E-state index >= 15 is 0 Å². The molecule has 0 unspecified atom stereocenters. The SMILES string of the molecule is CNc1cnc(N)c(OC2CC2)c1. The van der Waals surface area contributed by atoms with Crippen LogP contribution in [0.15, 0.2) is 12.3 Å². The number of pyridine rings is 1. The van der Waals surface area contributed by atoms with Gasteiger partial charge in [0, 0.05) is 13.1 Å². The van der Waals surface area contributed by atoms with Crippen LogP contribution >= 0.6 is 0 Å². The first-order valence-corrected chi connectivity index (χ1v) is 4.39. The van der Waals surface area contributed by atoms with Crippen molar-refractivity contribution in [3.05, 3.63) is 12.3 Å². The van der Waals surface area contributed by atoms with Crippen LogP contribution in [0.2, 0.25) is 0 Å². The summed E-state index contributed by atoms with van der Waals surface area (Å²) in [5.74, 6) is 1.15. The van der Waals surface area contributed by atoms with Crippen LogP contribution in [0.3, 0.4) is 0 Å². The standard InChI is InChI=1S/C9H13N3O/c1-11-6-4-8(9(10)12-5-6)13-7-2-3-7/h4-5,7,11H,2-3H2,1H3,(H2,10,12). The number of nitrogens with two attached hydrogens (primary N) is 1. The number of rotatable bonds is 3. The summed E-state index contributed by atoms with van der Waals surface area (Å²) < 4.78 is 5.57. The second-order valence-electron chi connectivity index (χ2n) is 3.17. The Morgan fingerprint density at radius 1 is 1.62 bits per heavy atom. The molecule has 1 saturated carbocycles. The fraction of sp³-hybridized carbons (Fsp3) is 0.444. The Labute approximate surface area is 77.1 Å². The van der Waals surface area contributed by atoms with Gasteiger partial charge >= 0.3 is 0 Å². The van der Waals surface area contributed by atoms with Crippen LogP contribution < -0.4 is 15.8 Å². The lowest BCUT2D eigenvalue weighted by molar-refractivity contribution is 0.304. The van der Waals surface area contributed by atoms with Gasteiger partial charge in [-0.15, -0.1) is 0 Å². The van der Waals surface area contributed by atoms with Crippen LogP contribution in [0, 0.1) is 0 Å². The molecule has 13 heavy (non-hydrogen) atoms. The molecular formula is C9H13N3O. The summed E-state index contributed by atoms with van der Waals surface area (Å²) in [7, 11) is 1.84. The van der Waals surface area contributed by atoms with Gasteiger partial charge in [-0.05, 0) is 12.8 Å². The smallest absolute Gasteiger partial charge is 0.166 e. The van der Waals surface area contributed by atoms with Gasteiger partial charge in [0.05, 0.1) is 18.0 Å². The Morgan fingerprint density at radius 3 is 3.00 bits per heavy atom. The molecule has 4 heteroatoms. The molecule has 0 bridgehead atoms. The van der Waals surface area contributed by atoms with E-state index in [2.05, 4.69) is 10.3 Å². The normalized spacial score (nSPS) is 15.5. The van der Waals surface area contributed by atoms with Crippen molar-refractivity contribution >= 4 is 11.5 Å². The number of nitrogens with zero attached hydrogens (tertiary/aromatic N) is 1. The minimum atomic E-state index is 0.358. The predicted molar refractivity (Wildman–Crippen MR) is 51.8 cm³/mol. The molecule has 1 aliphatic rings. The first-order valence-electron chi connectivity index (χ1n) is 4.39. The second kappa shape index (κ2) is 3.12. The van der Waals surface area contributed by atoms with Gasteiger partial charge in [0.2, 0.25) is 0 Å².